The SMILES string of the molecule is C[C@@H]1CN(c2nc(-c3ccccc3)nc3c2oc2ccccc23)C[C@H](C)O1. The van der Waals surface area contributed by atoms with Crippen molar-refractivity contribution in [1.29, 1.82) is 0 Å². The molecular weight excluding hydrogens is 338 g/mol. The Bertz CT molecular complexity index is 1100. The van der Waals surface area contributed by atoms with E-state index in [1.165, 1.54) is 0 Å². The number of aromatic nitrogens is 2. The highest BCUT2D eigenvalue weighted by Crippen LogP contribution is 2.35. The first-order valence-corrected chi connectivity index (χ1v) is 9.34. The van der Waals surface area contributed by atoms with E-state index in [0.717, 1.165) is 52.4 Å². The average molecular weight is 359 g/mol. The molecule has 5 heteroatoms. The van der Waals surface area contributed by atoms with Crippen molar-refractivity contribution in [3.8, 4) is 11.4 Å². The van der Waals surface area contributed by atoms with Crippen LogP contribution in [0, 0.1) is 0 Å². The summed E-state index contributed by atoms with van der Waals surface area (Å²) in [6, 6.07) is 18.1. The number of anilines is 1. The minimum absolute atomic E-state index is 0.142. The smallest absolute Gasteiger partial charge is 0.196 e. The third-order valence-corrected chi connectivity index (χ3v) is 4.95. The molecule has 0 unspecified atom stereocenters. The third kappa shape index (κ3) is 2.84. The van der Waals surface area contributed by atoms with Crippen LogP contribution < -0.4 is 4.90 Å². The number of morpholine rings is 1. The molecule has 2 aromatic carbocycles. The second-order valence-corrected chi connectivity index (χ2v) is 7.18. The number of ether oxygens (including phenoxy) is 1. The van der Waals surface area contributed by atoms with Gasteiger partial charge in [-0.1, -0.05) is 42.5 Å². The van der Waals surface area contributed by atoms with E-state index in [-0.39, 0.29) is 12.2 Å². The van der Waals surface area contributed by atoms with Crippen molar-refractivity contribution in [2.24, 2.45) is 0 Å². The summed E-state index contributed by atoms with van der Waals surface area (Å²) in [7, 11) is 0. The Kier molecular flexibility index (Phi) is 3.83. The number of hydrogen-bond acceptors (Lipinski definition) is 5. The summed E-state index contributed by atoms with van der Waals surface area (Å²) in [5.41, 5.74) is 3.45. The van der Waals surface area contributed by atoms with E-state index in [9.17, 15) is 0 Å². The van der Waals surface area contributed by atoms with Gasteiger partial charge in [-0.05, 0) is 26.0 Å². The van der Waals surface area contributed by atoms with Crippen LogP contribution in [0.1, 0.15) is 13.8 Å². The maximum atomic E-state index is 6.19. The van der Waals surface area contributed by atoms with Gasteiger partial charge in [0.25, 0.3) is 0 Å². The minimum Gasteiger partial charge on any atom is -0.450 e. The van der Waals surface area contributed by atoms with Gasteiger partial charge in [-0.2, -0.15) is 0 Å². The zero-order chi connectivity index (χ0) is 18.4. The first kappa shape index (κ1) is 16.3. The summed E-state index contributed by atoms with van der Waals surface area (Å²) in [4.78, 5) is 12.1. The van der Waals surface area contributed by atoms with Crippen molar-refractivity contribution in [3.05, 3.63) is 54.6 Å². The molecule has 1 saturated heterocycles. The Morgan fingerprint density at radius 1 is 0.889 bits per heavy atom. The minimum atomic E-state index is 0.142. The lowest BCUT2D eigenvalue weighted by atomic mass is 10.2. The van der Waals surface area contributed by atoms with E-state index in [1.54, 1.807) is 0 Å². The zero-order valence-corrected chi connectivity index (χ0v) is 15.4. The van der Waals surface area contributed by atoms with Gasteiger partial charge in [0.1, 0.15) is 11.1 Å². The van der Waals surface area contributed by atoms with Crippen LogP contribution in [0.3, 0.4) is 0 Å². The third-order valence-electron chi connectivity index (χ3n) is 4.95. The van der Waals surface area contributed by atoms with E-state index in [4.69, 9.17) is 19.1 Å². The van der Waals surface area contributed by atoms with Crippen LogP contribution in [0.2, 0.25) is 0 Å². The number of nitrogens with zero attached hydrogens (tertiary/aromatic N) is 3. The highest BCUT2D eigenvalue weighted by molar-refractivity contribution is 6.06. The second kappa shape index (κ2) is 6.35. The molecule has 5 nitrogen and oxygen atoms in total. The molecule has 1 aliphatic rings. The molecule has 0 spiro atoms. The highest BCUT2D eigenvalue weighted by atomic mass is 16.5. The van der Waals surface area contributed by atoms with Gasteiger partial charge in [-0.25, -0.2) is 9.97 Å². The predicted molar refractivity (Wildman–Crippen MR) is 107 cm³/mol. The zero-order valence-electron chi connectivity index (χ0n) is 15.4. The average Bonchev–Trinajstić information content (AvgIpc) is 3.06. The van der Waals surface area contributed by atoms with Crippen LogP contribution in [0.5, 0.6) is 0 Å². The molecular formula is C22H21N3O2. The van der Waals surface area contributed by atoms with Gasteiger partial charge in [-0.3, -0.25) is 0 Å². The fourth-order valence-corrected chi connectivity index (χ4v) is 3.86. The number of benzene rings is 2. The van der Waals surface area contributed by atoms with Gasteiger partial charge in [0.2, 0.25) is 0 Å². The Hall–Kier alpha value is -2.92. The number of hydrogen-bond donors (Lipinski definition) is 0. The highest BCUT2D eigenvalue weighted by Gasteiger charge is 2.27. The summed E-state index contributed by atoms with van der Waals surface area (Å²) in [5, 5.41) is 1.02. The Balaban J connectivity index is 1.77. The quantitative estimate of drug-likeness (QED) is 0.521. The lowest BCUT2D eigenvalue weighted by Crippen LogP contribution is -2.46. The summed E-state index contributed by atoms with van der Waals surface area (Å²) >= 11 is 0. The molecule has 1 aliphatic heterocycles. The lowest BCUT2D eigenvalue weighted by Gasteiger charge is -2.36. The Labute approximate surface area is 157 Å². The van der Waals surface area contributed by atoms with Crippen molar-refractivity contribution in [2.45, 2.75) is 26.1 Å². The van der Waals surface area contributed by atoms with Crippen molar-refractivity contribution >= 4 is 27.9 Å². The molecule has 3 heterocycles. The van der Waals surface area contributed by atoms with Gasteiger partial charge in [-0.15, -0.1) is 0 Å². The molecule has 5 rings (SSSR count). The monoisotopic (exact) mass is 359 g/mol. The van der Waals surface area contributed by atoms with E-state index in [2.05, 4.69) is 24.8 Å². The van der Waals surface area contributed by atoms with Gasteiger partial charge in [0.15, 0.2) is 17.2 Å². The number of para-hydroxylation sites is 1. The largest absolute Gasteiger partial charge is 0.450 e. The number of rotatable bonds is 2. The topological polar surface area (TPSA) is 51.4 Å². The van der Waals surface area contributed by atoms with Crippen LogP contribution in [-0.2, 0) is 4.74 Å². The lowest BCUT2D eigenvalue weighted by molar-refractivity contribution is -0.00540. The van der Waals surface area contributed by atoms with Crippen LogP contribution in [0.25, 0.3) is 33.5 Å². The number of fused-ring (bicyclic) bond motifs is 3. The van der Waals surface area contributed by atoms with Gasteiger partial charge in [0, 0.05) is 24.0 Å². The van der Waals surface area contributed by atoms with Gasteiger partial charge >= 0.3 is 0 Å². The van der Waals surface area contributed by atoms with E-state index in [0.29, 0.717) is 0 Å². The Morgan fingerprint density at radius 3 is 2.37 bits per heavy atom. The summed E-state index contributed by atoms with van der Waals surface area (Å²) in [6.45, 7) is 5.75. The predicted octanol–water partition coefficient (Wildman–Crippen LogP) is 4.66. The van der Waals surface area contributed by atoms with Crippen LogP contribution >= 0.6 is 0 Å². The molecule has 0 amide bonds. The molecule has 0 saturated carbocycles. The standard InChI is InChI=1S/C22H21N3O2/c1-14-12-25(13-15(2)26-14)22-20-19(17-10-6-7-11-18(17)27-20)23-21(24-22)16-8-4-3-5-9-16/h3-11,14-15H,12-13H2,1-2H3/t14-,15+. The van der Waals surface area contributed by atoms with E-state index < -0.39 is 0 Å². The maximum absolute atomic E-state index is 6.19. The first-order valence-electron chi connectivity index (χ1n) is 9.34. The fourth-order valence-electron chi connectivity index (χ4n) is 3.86. The summed E-state index contributed by atoms with van der Waals surface area (Å²) in [6.07, 6.45) is 0.284. The first-order chi connectivity index (χ1) is 13.2. The van der Waals surface area contributed by atoms with E-state index >= 15 is 0 Å². The molecule has 1 fully saturated rings. The van der Waals surface area contributed by atoms with Crippen molar-refractivity contribution in [3.63, 3.8) is 0 Å². The van der Waals surface area contributed by atoms with Crippen molar-refractivity contribution < 1.29 is 9.15 Å². The fraction of sp³-hybridized carbons (Fsp3) is 0.273. The van der Waals surface area contributed by atoms with Crippen molar-refractivity contribution in [2.75, 3.05) is 18.0 Å². The van der Waals surface area contributed by atoms with Gasteiger partial charge < -0.3 is 14.1 Å². The second-order valence-electron chi connectivity index (χ2n) is 7.18. The summed E-state index contributed by atoms with van der Waals surface area (Å²) in [5.74, 6) is 1.56. The molecule has 0 bridgehead atoms. The van der Waals surface area contributed by atoms with Crippen LogP contribution in [0.4, 0.5) is 5.82 Å². The molecule has 136 valence electrons. The van der Waals surface area contributed by atoms with Crippen LogP contribution in [-0.4, -0.2) is 35.3 Å². The molecule has 2 atom stereocenters. The normalized spacial score (nSPS) is 20.4. The number of furan rings is 1. The molecule has 2 aromatic heterocycles. The van der Waals surface area contributed by atoms with E-state index in [1.807, 2.05) is 48.5 Å². The molecule has 27 heavy (non-hydrogen) atoms. The molecule has 0 aliphatic carbocycles. The molecule has 4 aromatic rings. The molecule has 0 radical (unpaired) electrons. The maximum Gasteiger partial charge on any atom is 0.196 e. The van der Waals surface area contributed by atoms with Crippen molar-refractivity contribution in [1.82, 2.24) is 9.97 Å². The van der Waals surface area contributed by atoms with Crippen LogP contribution in [0.15, 0.2) is 59.0 Å². The Morgan fingerprint density at radius 2 is 1.59 bits per heavy atom. The van der Waals surface area contributed by atoms with Gasteiger partial charge in [0.05, 0.1) is 12.2 Å². The summed E-state index contributed by atoms with van der Waals surface area (Å²) < 4.78 is 12.1. The molecule has 0 N–H and O–H groups in total.